The second-order valence-corrected chi connectivity index (χ2v) is 1.64. The third-order valence-corrected chi connectivity index (χ3v) is 0.844. The molecule has 9 heavy (non-hydrogen) atoms. The maximum absolute atomic E-state index is 8.25. The summed E-state index contributed by atoms with van der Waals surface area (Å²) in [5.74, 6) is 0. The van der Waals surface area contributed by atoms with Gasteiger partial charge in [-0.3, -0.25) is 0 Å². The summed E-state index contributed by atoms with van der Waals surface area (Å²) in [4.78, 5) is 0. The fraction of sp³-hybridized carbons (Fsp3) is 0. The molecule has 0 atom stereocenters. The highest BCUT2D eigenvalue weighted by molar-refractivity contribution is 6.29. The van der Waals surface area contributed by atoms with E-state index in [1.54, 1.807) is 6.07 Å². The summed E-state index contributed by atoms with van der Waals surface area (Å²) in [6.07, 6.45) is 2.54. The minimum Gasteiger partial charge on any atom is -0.405 e. The van der Waals surface area contributed by atoms with E-state index in [0.717, 1.165) is 0 Å². The highest BCUT2D eigenvalue weighted by Gasteiger charge is 1.91. The first-order valence-electron chi connectivity index (χ1n) is 2.16. The summed E-state index contributed by atoms with van der Waals surface area (Å²) in [5.41, 5.74) is 10.2. The molecule has 0 spiro atoms. The smallest absolute Gasteiger partial charge is 0.117 e. The molecular weight excluding hydrogens is 138 g/mol. The first-order valence-corrected chi connectivity index (χ1v) is 2.53. The van der Waals surface area contributed by atoms with Crippen LogP contribution >= 0.6 is 11.6 Å². The Bertz CT molecular complexity index is 183. The van der Waals surface area contributed by atoms with Gasteiger partial charge in [-0.2, -0.15) is 5.26 Å². The lowest BCUT2D eigenvalue weighted by Gasteiger charge is -1.86. The fourth-order valence-electron chi connectivity index (χ4n) is 0.267. The Labute approximate surface area is 58.2 Å². The summed E-state index contributed by atoms with van der Waals surface area (Å²) in [5, 5.41) is 8.21. The molecule has 0 fully saturated rings. The highest BCUT2D eigenvalue weighted by Crippen LogP contribution is 2.01. The Morgan fingerprint density at radius 1 is 1.67 bits per heavy atom. The van der Waals surface area contributed by atoms with Gasteiger partial charge >= 0.3 is 0 Å². The van der Waals surface area contributed by atoms with Crippen molar-refractivity contribution in [1.82, 2.24) is 0 Å². The number of hydrogen-bond donors (Lipinski definition) is 2. The average Bonchev–Trinajstić information content (AvgIpc) is 1.82. The topological polar surface area (TPSA) is 75.8 Å². The molecule has 3 nitrogen and oxygen atoms in total. The Hall–Kier alpha value is -1.14. The second-order valence-electron chi connectivity index (χ2n) is 1.23. The van der Waals surface area contributed by atoms with Gasteiger partial charge in [-0.15, -0.1) is 0 Å². The molecule has 0 saturated carbocycles. The predicted molar refractivity (Wildman–Crippen MR) is 36.0 cm³/mol. The zero-order chi connectivity index (χ0) is 7.28. The van der Waals surface area contributed by atoms with Crippen LogP contribution in [-0.2, 0) is 0 Å². The molecule has 0 aliphatic heterocycles. The van der Waals surface area contributed by atoms with E-state index in [9.17, 15) is 0 Å². The van der Waals surface area contributed by atoms with E-state index in [4.69, 9.17) is 28.3 Å². The maximum Gasteiger partial charge on any atom is 0.117 e. The average molecular weight is 144 g/mol. The van der Waals surface area contributed by atoms with Gasteiger partial charge in [-0.1, -0.05) is 11.6 Å². The van der Waals surface area contributed by atoms with E-state index < -0.39 is 0 Å². The van der Waals surface area contributed by atoms with Crippen LogP contribution < -0.4 is 11.5 Å². The largest absolute Gasteiger partial charge is 0.405 e. The van der Waals surface area contributed by atoms with E-state index >= 15 is 0 Å². The van der Waals surface area contributed by atoms with Crippen molar-refractivity contribution in [3.8, 4) is 6.07 Å². The molecule has 0 radical (unpaired) electrons. The van der Waals surface area contributed by atoms with Gasteiger partial charge in [0.15, 0.2) is 0 Å². The molecule has 0 aliphatic carbocycles. The molecule has 0 aliphatic rings. The summed E-state index contributed by atoms with van der Waals surface area (Å²) in [6, 6.07) is 1.76. The quantitative estimate of drug-likeness (QED) is 0.317. The van der Waals surface area contributed by atoms with E-state index in [0.29, 0.717) is 0 Å². The summed E-state index contributed by atoms with van der Waals surface area (Å²) in [6.45, 7) is 0. The van der Waals surface area contributed by atoms with Gasteiger partial charge in [0.25, 0.3) is 0 Å². The molecule has 0 aromatic heterocycles. The van der Waals surface area contributed by atoms with E-state index in [2.05, 4.69) is 0 Å². The molecule has 48 valence electrons. The number of rotatable bonds is 1. The van der Waals surface area contributed by atoms with E-state index in [1.165, 1.54) is 12.3 Å². The van der Waals surface area contributed by atoms with Crippen LogP contribution in [0.3, 0.4) is 0 Å². The first-order chi connectivity index (χ1) is 4.22. The zero-order valence-corrected chi connectivity index (χ0v) is 5.39. The fourth-order valence-corrected chi connectivity index (χ4v) is 0.372. The third kappa shape index (κ3) is 2.62. The molecule has 4 heteroatoms. The lowest BCUT2D eigenvalue weighted by molar-refractivity contribution is 1.42. The SMILES string of the molecule is N#CC(/C=C\N)=C(/N)Cl. The van der Waals surface area contributed by atoms with Crippen molar-refractivity contribution < 1.29 is 0 Å². The summed E-state index contributed by atoms with van der Waals surface area (Å²) < 4.78 is 0. The number of halogens is 1. The van der Waals surface area contributed by atoms with Crippen LogP contribution in [0, 0.1) is 11.3 Å². The monoisotopic (exact) mass is 143 g/mol. The zero-order valence-electron chi connectivity index (χ0n) is 4.63. The van der Waals surface area contributed by atoms with Crippen molar-refractivity contribution in [1.29, 1.82) is 5.26 Å². The van der Waals surface area contributed by atoms with Gasteiger partial charge in [-0.05, 0) is 12.3 Å². The summed E-state index contributed by atoms with van der Waals surface area (Å²) in [7, 11) is 0. The highest BCUT2D eigenvalue weighted by atomic mass is 35.5. The number of hydrogen-bond acceptors (Lipinski definition) is 3. The first kappa shape index (κ1) is 7.86. The maximum atomic E-state index is 8.25. The Morgan fingerprint density at radius 3 is 2.33 bits per heavy atom. The van der Waals surface area contributed by atoms with Crippen LogP contribution in [-0.4, -0.2) is 0 Å². The summed E-state index contributed by atoms with van der Waals surface area (Å²) >= 11 is 5.25. The van der Waals surface area contributed by atoms with E-state index in [1.807, 2.05) is 0 Å². The van der Waals surface area contributed by atoms with Crippen molar-refractivity contribution in [2.45, 2.75) is 0 Å². The van der Waals surface area contributed by atoms with Crippen LogP contribution in [0.15, 0.2) is 23.0 Å². The van der Waals surface area contributed by atoms with Crippen molar-refractivity contribution in [3.05, 3.63) is 23.0 Å². The van der Waals surface area contributed by atoms with Gasteiger partial charge in [0, 0.05) is 0 Å². The Balaban J connectivity index is 4.41. The van der Waals surface area contributed by atoms with Crippen molar-refractivity contribution in [2.75, 3.05) is 0 Å². The molecule has 0 aromatic carbocycles. The van der Waals surface area contributed by atoms with Crippen LogP contribution in [0.5, 0.6) is 0 Å². The van der Waals surface area contributed by atoms with Gasteiger partial charge in [0.1, 0.15) is 11.2 Å². The van der Waals surface area contributed by atoms with Crippen molar-refractivity contribution in [2.24, 2.45) is 11.5 Å². The second kappa shape index (κ2) is 3.81. The molecule has 0 heterocycles. The lowest BCUT2D eigenvalue weighted by atomic mass is 10.3. The lowest BCUT2D eigenvalue weighted by Crippen LogP contribution is -1.92. The molecular formula is C5H6ClN3. The van der Waals surface area contributed by atoms with Crippen molar-refractivity contribution >= 4 is 11.6 Å². The molecule has 0 saturated heterocycles. The van der Waals surface area contributed by atoms with Crippen LogP contribution in [0.2, 0.25) is 0 Å². The van der Waals surface area contributed by atoms with Gasteiger partial charge in [-0.25, -0.2) is 0 Å². The minimum atomic E-state index is -0.0424. The van der Waals surface area contributed by atoms with E-state index in [-0.39, 0.29) is 10.7 Å². The van der Waals surface area contributed by atoms with Gasteiger partial charge in [0.2, 0.25) is 0 Å². The Kier molecular flexibility index (Phi) is 3.33. The van der Waals surface area contributed by atoms with Gasteiger partial charge < -0.3 is 11.5 Å². The molecule has 0 unspecified atom stereocenters. The molecule has 0 amide bonds. The number of nitrogens with zero attached hydrogens (tertiary/aromatic N) is 1. The van der Waals surface area contributed by atoms with Crippen LogP contribution in [0.25, 0.3) is 0 Å². The van der Waals surface area contributed by atoms with Crippen molar-refractivity contribution in [3.63, 3.8) is 0 Å². The Morgan fingerprint density at radius 2 is 2.22 bits per heavy atom. The molecule has 0 rings (SSSR count). The molecule has 0 bridgehead atoms. The number of nitrogens with two attached hydrogens (primary N) is 2. The molecule has 0 aromatic rings. The third-order valence-electron chi connectivity index (χ3n) is 0.641. The number of nitriles is 1. The predicted octanol–water partition coefficient (Wildman–Crippen LogP) is 0.391. The van der Waals surface area contributed by atoms with Crippen LogP contribution in [0.1, 0.15) is 0 Å². The normalized spacial score (nSPS) is 12.9. The van der Waals surface area contributed by atoms with Gasteiger partial charge in [0.05, 0.1) is 5.57 Å². The molecule has 4 N–H and O–H groups in total. The minimum absolute atomic E-state index is 0.0424. The van der Waals surface area contributed by atoms with Crippen LogP contribution in [0.4, 0.5) is 0 Å². The standard InChI is InChI=1S/C5H6ClN3/c6-5(9)4(3-8)1-2-7/h1-2H,7,9H2/b2-1-,5-4+. The number of allylic oxidation sites excluding steroid dienone is 2.